The second-order valence-electron chi connectivity index (χ2n) is 8.59. The van der Waals surface area contributed by atoms with Gasteiger partial charge in [-0.15, -0.1) is 0 Å². The van der Waals surface area contributed by atoms with E-state index >= 15 is 0 Å². The molecule has 30 heavy (non-hydrogen) atoms. The lowest BCUT2D eigenvalue weighted by Crippen LogP contribution is -2.51. The summed E-state index contributed by atoms with van der Waals surface area (Å²) in [5.41, 5.74) is 0.859. The van der Waals surface area contributed by atoms with Gasteiger partial charge < -0.3 is 9.47 Å². The van der Waals surface area contributed by atoms with Crippen molar-refractivity contribution in [2.75, 3.05) is 31.1 Å². The van der Waals surface area contributed by atoms with Gasteiger partial charge in [0.2, 0.25) is 5.78 Å². The smallest absolute Gasteiger partial charge is 0.293 e. The van der Waals surface area contributed by atoms with Crippen molar-refractivity contribution in [3.63, 3.8) is 0 Å². The van der Waals surface area contributed by atoms with Gasteiger partial charge in [-0.05, 0) is 43.7 Å². The highest BCUT2D eigenvalue weighted by atomic mass is 16.6. The lowest BCUT2D eigenvalue weighted by molar-refractivity contribution is -0.384. The number of piperazine rings is 1. The van der Waals surface area contributed by atoms with Gasteiger partial charge in [-0.25, -0.2) is 4.98 Å². The molecule has 1 aliphatic heterocycles. The van der Waals surface area contributed by atoms with Crippen LogP contribution in [0.15, 0.2) is 30.6 Å². The molecule has 8 nitrogen and oxygen atoms in total. The van der Waals surface area contributed by atoms with Gasteiger partial charge in [0.25, 0.3) is 5.69 Å². The molecule has 0 atom stereocenters. The molecule has 0 spiro atoms. The summed E-state index contributed by atoms with van der Waals surface area (Å²) in [4.78, 5) is 32.8. The number of carbonyl (C=O) groups excluding carboxylic acids is 1. The van der Waals surface area contributed by atoms with Crippen molar-refractivity contribution in [1.82, 2.24) is 14.5 Å². The molecule has 0 radical (unpaired) electrons. The minimum absolute atomic E-state index is 0.0185. The lowest BCUT2D eigenvalue weighted by Gasteiger charge is -2.42. The molecule has 1 saturated heterocycles. The zero-order valence-electron chi connectivity index (χ0n) is 17.7. The van der Waals surface area contributed by atoms with Gasteiger partial charge in [0.05, 0.1) is 4.92 Å². The minimum atomic E-state index is -0.389. The summed E-state index contributed by atoms with van der Waals surface area (Å²) in [5, 5.41) is 11.8. The average molecular weight is 412 g/mol. The number of anilines is 1. The predicted molar refractivity (Wildman–Crippen MR) is 115 cm³/mol. The van der Waals surface area contributed by atoms with Crippen LogP contribution in [-0.2, 0) is 7.05 Å². The van der Waals surface area contributed by atoms with Crippen LogP contribution in [0.1, 0.15) is 48.8 Å². The van der Waals surface area contributed by atoms with Gasteiger partial charge in [0, 0.05) is 63.3 Å². The van der Waals surface area contributed by atoms with E-state index in [-0.39, 0.29) is 27.8 Å². The highest BCUT2D eigenvalue weighted by Crippen LogP contribution is 2.32. The number of ketones is 1. The molecule has 0 amide bonds. The van der Waals surface area contributed by atoms with E-state index in [4.69, 9.17) is 0 Å². The Hall–Kier alpha value is -2.74. The Labute approximate surface area is 176 Å². The maximum absolute atomic E-state index is 12.7. The Morgan fingerprint density at radius 2 is 1.83 bits per heavy atom. The molecule has 1 aromatic carbocycles. The Morgan fingerprint density at radius 3 is 2.43 bits per heavy atom. The van der Waals surface area contributed by atoms with Crippen LogP contribution in [0.5, 0.6) is 0 Å². The minimum Gasteiger partial charge on any atom is -0.363 e. The largest absolute Gasteiger partial charge is 0.363 e. The maximum atomic E-state index is 12.7. The average Bonchev–Trinajstić information content (AvgIpc) is 3.19. The summed E-state index contributed by atoms with van der Waals surface area (Å²) in [7, 11) is 1.73. The van der Waals surface area contributed by atoms with Crippen molar-refractivity contribution in [3.05, 3.63) is 52.1 Å². The van der Waals surface area contributed by atoms with Gasteiger partial charge in [0.15, 0.2) is 5.82 Å². The number of hydrogen-bond acceptors (Lipinski definition) is 6. The molecule has 8 heteroatoms. The standard InChI is InChI=1S/C22H29N5O3/c1-16-3-6-18(7-4-16)25-11-13-26(14-12-25)19-8-5-17(15-20(19)27(29)30)21(28)22-23-9-10-24(22)2/h5,8-10,15-16,18H,3-4,6-7,11-14H2,1-2H3. The van der Waals surface area contributed by atoms with Crippen molar-refractivity contribution >= 4 is 17.2 Å². The van der Waals surface area contributed by atoms with E-state index in [1.54, 1.807) is 36.1 Å². The predicted octanol–water partition coefficient (Wildman–Crippen LogP) is 3.26. The Kier molecular flexibility index (Phi) is 5.85. The van der Waals surface area contributed by atoms with E-state index in [0.29, 0.717) is 11.7 Å². The molecular formula is C22H29N5O3. The second kappa shape index (κ2) is 8.55. The molecule has 2 fully saturated rings. The first kappa shape index (κ1) is 20.5. The van der Waals surface area contributed by atoms with Crippen molar-refractivity contribution < 1.29 is 9.72 Å². The van der Waals surface area contributed by atoms with Crippen molar-refractivity contribution in [3.8, 4) is 0 Å². The summed E-state index contributed by atoms with van der Waals surface area (Å²) < 4.78 is 1.62. The molecule has 1 saturated carbocycles. The number of carbonyl (C=O) groups is 1. The van der Waals surface area contributed by atoms with Gasteiger partial charge in [-0.2, -0.15) is 0 Å². The first-order valence-corrected chi connectivity index (χ1v) is 10.7. The van der Waals surface area contributed by atoms with E-state index in [1.807, 2.05) is 0 Å². The van der Waals surface area contributed by atoms with Crippen LogP contribution >= 0.6 is 0 Å². The Bertz CT molecular complexity index is 925. The van der Waals surface area contributed by atoms with E-state index in [0.717, 1.165) is 32.1 Å². The topological polar surface area (TPSA) is 84.5 Å². The summed E-state index contributed by atoms with van der Waals surface area (Å²) in [6, 6.07) is 5.43. The fourth-order valence-corrected chi connectivity index (χ4v) is 4.73. The van der Waals surface area contributed by atoms with Crippen LogP contribution in [0.2, 0.25) is 0 Å². The molecule has 160 valence electrons. The van der Waals surface area contributed by atoms with Crippen LogP contribution in [0.3, 0.4) is 0 Å². The van der Waals surface area contributed by atoms with Crippen molar-refractivity contribution in [2.45, 2.75) is 38.6 Å². The number of aryl methyl sites for hydroxylation is 1. The number of aromatic nitrogens is 2. The van der Waals surface area contributed by atoms with Crippen LogP contribution in [0.4, 0.5) is 11.4 Å². The number of nitro benzene ring substituents is 1. The lowest BCUT2D eigenvalue weighted by atomic mass is 9.86. The van der Waals surface area contributed by atoms with Crippen LogP contribution in [-0.4, -0.2) is 57.4 Å². The molecule has 1 aliphatic carbocycles. The molecule has 2 heterocycles. The normalized spacial score (nSPS) is 22.8. The number of benzene rings is 1. The van der Waals surface area contributed by atoms with Crippen LogP contribution < -0.4 is 4.90 Å². The van der Waals surface area contributed by atoms with E-state index < -0.39 is 0 Å². The van der Waals surface area contributed by atoms with E-state index in [9.17, 15) is 14.9 Å². The molecule has 2 aliphatic rings. The maximum Gasteiger partial charge on any atom is 0.293 e. The third-order valence-corrected chi connectivity index (χ3v) is 6.62. The Balaban J connectivity index is 1.48. The Morgan fingerprint density at radius 1 is 1.13 bits per heavy atom. The first-order chi connectivity index (χ1) is 14.4. The van der Waals surface area contributed by atoms with Gasteiger partial charge in [-0.3, -0.25) is 19.8 Å². The first-order valence-electron chi connectivity index (χ1n) is 10.7. The molecule has 4 rings (SSSR count). The molecule has 0 unspecified atom stereocenters. The fraction of sp³-hybridized carbons (Fsp3) is 0.545. The highest BCUT2D eigenvalue weighted by molar-refractivity contribution is 6.07. The second-order valence-corrected chi connectivity index (χ2v) is 8.59. The van der Waals surface area contributed by atoms with Gasteiger partial charge in [-0.1, -0.05) is 6.92 Å². The van der Waals surface area contributed by atoms with Crippen LogP contribution in [0.25, 0.3) is 0 Å². The molecule has 0 bridgehead atoms. The van der Waals surface area contributed by atoms with Gasteiger partial charge >= 0.3 is 0 Å². The van der Waals surface area contributed by atoms with E-state index in [2.05, 4.69) is 21.7 Å². The molecule has 0 N–H and O–H groups in total. The number of nitro groups is 1. The number of hydrogen-bond donors (Lipinski definition) is 0. The summed E-state index contributed by atoms with van der Waals surface area (Å²) >= 11 is 0. The third-order valence-electron chi connectivity index (χ3n) is 6.62. The van der Waals surface area contributed by atoms with Gasteiger partial charge in [0.1, 0.15) is 5.69 Å². The molecular weight excluding hydrogens is 382 g/mol. The quantitative estimate of drug-likeness (QED) is 0.427. The summed E-state index contributed by atoms with van der Waals surface area (Å²) in [5.74, 6) is 0.790. The van der Waals surface area contributed by atoms with Crippen molar-refractivity contribution in [1.29, 1.82) is 0 Å². The fourth-order valence-electron chi connectivity index (χ4n) is 4.73. The monoisotopic (exact) mass is 411 g/mol. The van der Waals surface area contributed by atoms with Crippen LogP contribution in [0, 0.1) is 16.0 Å². The molecule has 2 aromatic rings. The highest BCUT2D eigenvalue weighted by Gasteiger charge is 2.30. The number of nitrogens with zero attached hydrogens (tertiary/aromatic N) is 5. The number of rotatable bonds is 5. The van der Waals surface area contributed by atoms with Crippen molar-refractivity contribution in [2.24, 2.45) is 13.0 Å². The number of imidazole rings is 1. The summed E-state index contributed by atoms with van der Waals surface area (Å²) in [6.07, 6.45) is 8.32. The zero-order chi connectivity index (χ0) is 21.3. The van der Waals surface area contributed by atoms with E-state index in [1.165, 1.54) is 31.7 Å². The molecule has 1 aromatic heterocycles. The summed E-state index contributed by atoms with van der Waals surface area (Å²) in [6.45, 7) is 5.70. The third kappa shape index (κ3) is 4.09. The zero-order valence-corrected chi connectivity index (χ0v) is 17.7. The SMILES string of the molecule is CC1CCC(N2CCN(c3ccc(C(=O)c4nccn4C)cc3[N+](=O)[O-])CC2)CC1.